The standard InChI is InChI=1S/C60H37NOS2/c1-5-16-38(17-6-1)42-28-30-48-54(35-42)63-56-37-44(40-20-9-3-10-21-40)34-52(57(48)56)61(51-26-15-25-47-46-24-13-14-27-53(46)62-59(47)51)50-33-32-45(41-22-11-4-12-23-41)60-58(50)49-31-29-43(36-55(49)64-60)39-18-7-2-8-19-39/h1-37H. The number of thiophene rings is 2. The van der Waals surface area contributed by atoms with E-state index in [1.807, 2.05) is 22.7 Å². The van der Waals surface area contributed by atoms with Gasteiger partial charge in [-0.1, -0.05) is 182 Å². The molecule has 3 heterocycles. The van der Waals surface area contributed by atoms with Crippen molar-refractivity contribution < 1.29 is 4.42 Å². The topological polar surface area (TPSA) is 16.4 Å². The average Bonchev–Trinajstić information content (AvgIpc) is 4.07. The number of rotatable bonds is 7. The molecule has 2 nitrogen and oxygen atoms in total. The molecule has 0 saturated heterocycles. The van der Waals surface area contributed by atoms with Gasteiger partial charge < -0.3 is 9.32 Å². The lowest BCUT2D eigenvalue weighted by atomic mass is 9.97. The van der Waals surface area contributed by atoms with Crippen molar-refractivity contribution in [2.45, 2.75) is 0 Å². The third-order valence-electron chi connectivity index (χ3n) is 12.7. The maximum atomic E-state index is 6.97. The van der Waals surface area contributed by atoms with Crippen molar-refractivity contribution in [1.82, 2.24) is 0 Å². The number of nitrogens with zero attached hydrogens (tertiary/aromatic N) is 1. The Labute approximate surface area is 378 Å². The summed E-state index contributed by atoms with van der Waals surface area (Å²) in [6.45, 7) is 0. The number of anilines is 3. The normalized spacial score (nSPS) is 11.8. The number of hydrogen-bond acceptors (Lipinski definition) is 4. The van der Waals surface area contributed by atoms with Gasteiger partial charge in [-0.25, -0.2) is 0 Å². The van der Waals surface area contributed by atoms with Gasteiger partial charge in [0.25, 0.3) is 0 Å². The van der Waals surface area contributed by atoms with Gasteiger partial charge in [0.15, 0.2) is 5.58 Å². The maximum absolute atomic E-state index is 6.97. The molecule has 0 saturated carbocycles. The zero-order valence-electron chi connectivity index (χ0n) is 34.5. The Balaban J connectivity index is 1.17. The fourth-order valence-electron chi connectivity index (χ4n) is 9.67. The van der Waals surface area contributed by atoms with E-state index < -0.39 is 0 Å². The van der Waals surface area contributed by atoms with Crippen molar-refractivity contribution in [3.05, 3.63) is 224 Å². The molecular formula is C60H37NOS2. The minimum absolute atomic E-state index is 0.860. The first-order valence-corrected chi connectivity index (χ1v) is 23.3. The summed E-state index contributed by atoms with van der Waals surface area (Å²) in [5, 5.41) is 7.10. The molecule has 64 heavy (non-hydrogen) atoms. The fraction of sp³-hybridized carbons (Fsp3) is 0. The minimum Gasteiger partial charge on any atom is -0.454 e. The monoisotopic (exact) mass is 851 g/mol. The zero-order valence-corrected chi connectivity index (χ0v) is 36.2. The van der Waals surface area contributed by atoms with Crippen LogP contribution in [0.2, 0.25) is 0 Å². The molecule has 0 amide bonds. The van der Waals surface area contributed by atoms with Gasteiger partial charge in [-0.3, -0.25) is 0 Å². The van der Waals surface area contributed by atoms with Crippen LogP contribution in [0.4, 0.5) is 17.1 Å². The predicted octanol–water partition coefficient (Wildman–Crippen LogP) is 18.5. The van der Waals surface area contributed by atoms with Gasteiger partial charge in [0.1, 0.15) is 5.58 Å². The highest BCUT2D eigenvalue weighted by Crippen LogP contribution is 2.54. The van der Waals surface area contributed by atoms with E-state index in [4.69, 9.17) is 4.42 Å². The lowest BCUT2D eigenvalue weighted by Gasteiger charge is -2.28. The Hall–Kier alpha value is -7.76. The summed E-state index contributed by atoms with van der Waals surface area (Å²) in [6, 6.07) is 81.6. The molecule has 0 radical (unpaired) electrons. The van der Waals surface area contributed by atoms with Gasteiger partial charge in [-0.15, -0.1) is 22.7 Å². The van der Waals surface area contributed by atoms with Gasteiger partial charge in [0.05, 0.1) is 17.1 Å². The van der Waals surface area contributed by atoms with Gasteiger partial charge in [0.2, 0.25) is 0 Å². The van der Waals surface area contributed by atoms with E-state index in [0.29, 0.717) is 0 Å². The van der Waals surface area contributed by atoms with Gasteiger partial charge in [-0.05, 0) is 87.0 Å². The summed E-state index contributed by atoms with van der Waals surface area (Å²) < 4.78 is 12.0. The Morgan fingerprint density at radius 1 is 0.312 bits per heavy atom. The van der Waals surface area contributed by atoms with Gasteiger partial charge in [-0.2, -0.15) is 0 Å². The lowest BCUT2D eigenvalue weighted by Crippen LogP contribution is -2.11. The average molecular weight is 852 g/mol. The van der Waals surface area contributed by atoms with E-state index in [0.717, 1.165) is 39.0 Å². The predicted molar refractivity (Wildman–Crippen MR) is 276 cm³/mol. The fourth-order valence-corrected chi connectivity index (χ4v) is 12.2. The van der Waals surface area contributed by atoms with E-state index >= 15 is 0 Å². The highest BCUT2D eigenvalue weighted by atomic mass is 32.1. The number of hydrogen-bond donors (Lipinski definition) is 0. The van der Waals surface area contributed by atoms with Crippen LogP contribution in [0.1, 0.15) is 0 Å². The second kappa shape index (κ2) is 15.0. The first-order chi connectivity index (χ1) is 31.7. The van der Waals surface area contributed by atoms with Crippen LogP contribution in [0, 0.1) is 0 Å². The number of benzene rings is 10. The van der Waals surface area contributed by atoms with Crippen molar-refractivity contribution in [3.8, 4) is 44.5 Å². The molecule has 4 heteroatoms. The summed E-state index contributed by atoms with van der Waals surface area (Å²) >= 11 is 3.75. The van der Waals surface area contributed by atoms with Crippen LogP contribution in [0.25, 0.3) is 107 Å². The number of para-hydroxylation sites is 2. The van der Waals surface area contributed by atoms with E-state index in [2.05, 4.69) is 229 Å². The summed E-state index contributed by atoms with van der Waals surface area (Å²) in [4.78, 5) is 2.52. The molecular weight excluding hydrogens is 815 g/mol. The molecule has 0 atom stereocenters. The molecule has 13 rings (SSSR count). The molecule has 0 unspecified atom stereocenters. The smallest absolute Gasteiger partial charge is 0.159 e. The van der Waals surface area contributed by atoms with E-state index in [1.54, 1.807) is 0 Å². The number of fused-ring (bicyclic) bond motifs is 9. The molecule has 3 aromatic heterocycles. The van der Waals surface area contributed by atoms with E-state index in [9.17, 15) is 0 Å². The zero-order chi connectivity index (χ0) is 42.1. The summed E-state index contributed by atoms with van der Waals surface area (Å²) in [7, 11) is 0. The van der Waals surface area contributed by atoms with Gasteiger partial charge >= 0.3 is 0 Å². The Morgan fingerprint density at radius 3 is 1.53 bits per heavy atom. The molecule has 0 spiro atoms. The van der Waals surface area contributed by atoms with Crippen molar-refractivity contribution >= 4 is 102 Å². The van der Waals surface area contributed by atoms with E-state index in [1.165, 1.54) is 84.9 Å². The van der Waals surface area contributed by atoms with Crippen LogP contribution < -0.4 is 4.90 Å². The molecule has 0 aliphatic heterocycles. The van der Waals surface area contributed by atoms with Crippen LogP contribution in [0.3, 0.4) is 0 Å². The van der Waals surface area contributed by atoms with Crippen LogP contribution >= 0.6 is 22.7 Å². The molecule has 0 bridgehead atoms. The summed E-state index contributed by atoms with van der Waals surface area (Å²) in [5.41, 5.74) is 14.6. The second-order valence-electron chi connectivity index (χ2n) is 16.4. The van der Waals surface area contributed by atoms with E-state index in [-0.39, 0.29) is 0 Å². The van der Waals surface area contributed by atoms with Crippen LogP contribution in [-0.4, -0.2) is 0 Å². The third kappa shape index (κ3) is 5.99. The molecule has 0 aliphatic rings. The Morgan fingerprint density at radius 2 is 0.859 bits per heavy atom. The molecule has 300 valence electrons. The molecule has 13 aromatic rings. The highest BCUT2D eigenvalue weighted by molar-refractivity contribution is 7.26. The Bertz CT molecular complexity index is 3890. The Kier molecular flexibility index (Phi) is 8.61. The van der Waals surface area contributed by atoms with Crippen molar-refractivity contribution in [3.63, 3.8) is 0 Å². The maximum Gasteiger partial charge on any atom is 0.159 e. The lowest BCUT2D eigenvalue weighted by molar-refractivity contribution is 0.669. The van der Waals surface area contributed by atoms with Crippen LogP contribution in [0.15, 0.2) is 229 Å². The first kappa shape index (κ1) is 36.9. The van der Waals surface area contributed by atoms with Crippen LogP contribution in [0.5, 0.6) is 0 Å². The molecule has 0 aliphatic carbocycles. The minimum atomic E-state index is 0.860. The second-order valence-corrected chi connectivity index (χ2v) is 18.5. The molecule has 0 fully saturated rings. The van der Waals surface area contributed by atoms with Crippen molar-refractivity contribution in [2.24, 2.45) is 0 Å². The van der Waals surface area contributed by atoms with Crippen molar-refractivity contribution in [1.29, 1.82) is 0 Å². The highest BCUT2D eigenvalue weighted by Gasteiger charge is 2.27. The number of furan rings is 1. The summed E-state index contributed by atoms with van der Waals surface area (Å²) in [5.74, 6) is 0. The molecule has 10 aromatic carbocycles. The SMILES string of the molecule is c1ccc(-c2ccc3c(c2)sc2cc(-c4ccccc4)cc(N(c4cccc5c4oc4ccccc45)c4ccc(-c5ccccc5)c5sc6cc(-c7ccccc7)ccc6c45)c23)cc1. The third-order valence-corrected chi connectivity index (χ3v) is 14.9. The van der Waals surface area contributed by atoms with Crippen LogP contribution in [-0.2, 0) is 0 Å². The largest absolute Gasteiger partial charge is 0.454 e. The molecule has 0 N–H and O–H groups in total. The van der Waals surface area contributed by atoms with Gasteiger partial charge in [0, 0.05) is 51.1 Å². The first-order valence-electron chi connectivity index (χ1n) is 21.7. The van der Waals surface area contributed by atoms with Crippen molar-refractivity contribution in [2.75, 3.05) is 4.90 Å². The quantitative estimate of drug-likeness (QED) is 0.159. The summed E-state index contributed by atoms with van der Waals surface area (Å²) in [6.07, 6.45) is 0.